The molecular formula is C19H19N3O2. The van der Waals surface area contributed by atoms with Crippen LogP contribution in [-0.4, -0.2) is 16.7 Å². The van der Waals surface area contributed by atoms with Gasteiger partial charge >= 0.3 is 0 Å². The summed E-state index contributed by atoms with van der Waals surface area (Å²) in [6.45, 7) is 2.51. The molecule has 0 saturated heterocycles. The minimum absolute atomic E-state index is 0.177. The van der Waals surface area contributed by atoms with E-state index in [0.29, 0.717) is 12.4 Å². The third-order valence-corrected chi connectivity index (χ3v) is 3.75. The van der Waals surface area contributed by atoms with Crippen LogP contribution in [0.4, 0.5) is 5.82 Å². The van der Waals surface area contributed by atoms with Gasteiger partial charge in [0.05, 0.1) is 7.11 Å². The number of methoxy groups -OCH3 is 1. The van der Waals surface area contributed by atoms with Crippen LogP contribution in [0.25, 0.3) is 5.69 Å². The Morgan fingerprint density at radius 1 is 1.17 bits per heavy atom. The van der Waals surface area contributed by atoms with Crippen molar-refractivity contribution in [2.24, 2.45) is 0 Å². The molecule has 1 aromatic heterocycles. The van der Waals surface area contributed by atoms with E-state index in [1.165, 1.54) is 0 Å². The average molecular weight is 321 g/mol. The second-order valence-corrected chi connectivity index (χ2v) is 5.49. The van der Waals surface area contributed by atoms with Crippen LogP contribution in [0, 0.1) is 6.92 Å². The molecule has 0 atom stereocenters. The van der Waals surface area contributed by atoms with Crippen molar-refractivity contribution in [3.63, 3.8) is 0 Å². The number of ether oxygens (including phenoxy) is 1. The SMILES string of the molecule is COc1cccc(CNc2nccn(-c3ccc(C)cc3)c2=O)c1. The molecule has 0 radical (unpaired) electrons. The maximum Gasteiger partial charge on any atom is 0.297 e. The Hall–Kier alpha value is -3.08. The highest BCUT2D eigenvalue weighted by atomic mass is 16.5. The highest BCUT2D eigenvalue weighted by Gasteiger charge is 2.06. The molecule has 0 fully saturated rings. The van der Waals surface area contributed by atoms with Crippen LogP contribution in [0.5, 0.6) is 5.75 Å². The summed E-state index contributed by atoms with van der Waals surface area (Å²) in [6, 6.07) is 15.5. The lowest BCUT2D eigenvalue weighted by atomic mass is 10.2. The highest BCUT2D eigenvalue weighted by molar-refractivity contribution is 5.40. The van der Waals surface area contributed by atoms with Crippen molar-refractivity contribution in [2.75, 3.05) is 12.4 Å². The van der Waals surface area contributed by atoms with E-state index in [1.54, 1.807) is 24.1 Å². The molecule has 0 unspecified atom stereocenters. The first-order valence-corrected chi connectivity index (χ1v) is 7.69. The van der Waals surface area contributed by atoms with Gasteiger partial charge in [0.25, 0.3) is 5.56 Å². The quantitative estimate of drug-likeness (QED) is 0.784. The van der Waals surface area contributed by atoms with Crippen molar-refractivity contribution in [2.45, 2.75) is 13.5 Å². The van der Waals surface area contributed by atoms with Gasteiger partial charge in [0.15, 0.2) is 5.82 Å². The van der Waals surface area contributed by atoms with Gasteiger partial charge in [0.1, 0.15) is 5.75 Å². The number of benzene rings is 2. The van der Waals surface area contributed by atoms with Crippen LogP contribution in [-0.2, 0) is 6.54 Å². The molecule has 1 N–H and O–H groups in total. The van der Waals surface area contributed by atoms with E-state index in [0.717, 1.165) is 22.6 Å². The number of rotatable bonds is 5. The van der Waals surface area contributed by atoms with E-state index in [2.05, 4.69) is 10.3 Å². The third-order valence-electron chi connectivity index (χ3n) is 3.75. The summed E-state index contributed by atoms with van der Waals surface area (Å²) in [5.74, 6) is 1.10. The van der Waals surface area contributed by atoms with Crippen LogP contribution in [0.2, 0.25) is 0 Å². The fourth-order valence-electron chi connectivity index (χ4n) is 2.41. The molecule has 3 rings (SSSR count). The third kappa shape index (κ3) is 3.46. The van der Waals surface area contributed by atoms with Crippen LogP contribution >= 0.6 is 0 Å². The summed E-state index contributed by atoms with van der Waals surface area (Å²) in [7, 11) is 1.63. The zero-order valence-electron chi connectivity index (χ0n) is 13.7. The predicted molar refractivity (Wildman–Crippen MR) is 94.9 cm³/mol. The number of hydrogen-bond donors (Lipinski definition) is 1. The van der Waals surface area contributed by atoms with Gasteiger partial charge in [-0.05, 0) is 36.8 Å². The average Bonchev–Trinajstić information content (AvgIpc) is 2.62. The zero-order chi connectivity index (χ0) is 16.9. The lowest BCUT2D eigenvalue weighted by Crippen LogP contribution is -2.23. The fraction of sp³-hybridized carbons (Fsp3) is 0.158. The van der Waals surface area contributed by atoms with E-state index in [-0.39, 0.29) is 5.56 Å². The maximum absolute atomic E-state index is 12.6. The summed E-state index contributed by atoms with van der Waals surface area (Å²) < 4.78 is 6.79. The molecule has 5 nitrogen and oxygen atoms in total. The summed E-state index contributed by atoms with van der Waals surface area (Å²) in [6.07, 6.45) is 3.29. The summed E-state index contributed by atoms with van der Waals surface area (Å²) in [4.78, 5) is 16.8. The molecule has 0 amide bonds. The molecule has 0 aliphatic rings. The number of nitrogens with one attached hydrogen (secondary N) is 1. The Labute approximate surface area is 140 Å². The van der Waals surface area contributed by atoms with E-state index in [4.69, 9.17) is 4.74 Å². The van der Waals surface area contributed by atoms with Gasteiger partial charge in [-0.15, -0.1) is 0 Å². The monoisotopic (exact) mass is 321 g/mol. The minimum Gasteiger partial charge on any atom is -0.497 e. The van der Waals surface area contributed by atoms with Crippen LogP contribution in [0.1, 0.15) is 11.1 Å². The number of anilines is 1. The lowest BCUT2D eigenvalue weighted by Gasteiger charge is -2.10. The Bertz CT molecular complexity index is 886. The van der Waals surface area contributed by atoms with Crippen molar-refractivity contribution in [1.29, 1.82) is 0 Å². The largest absolute Gasteiger partial charge is 0.497 e. The Kier molecular flexibility index (Phi) is 4.61. The number of aromatic nitrogens is 2. The Balaban J connectivity index is 1.83. The number of hydrogen-bond acceptors (Lipinski definition) is 4. The van der Waals surface area contributed by atoms with Gasteiger partial charge in [0.2, 0.25) is 0 Å². The summed E-state index contributed by atoms with van der Waals surface area (Å²) in [5.41, 5.74) is 2.81. The van der Waals surface area contributed by atoms with Crippen LogP contribution in [0.15, 0.2) is 65.7 Å². The molecule has 0 spiro atoms. The zero-order valence-corrected chi connectivity index (χ0v) is 13.7. The van der Waals surface area contributed by atoms with Crippen LogP contribution < -0.4 is 15.6 Å². The minimum atomic E-state index is -0.177. The fourth-order valence-corrected chi connectivity index (χ4v) is 2.41. The number of aryl methyl sites for hydroxylation is 1. The van der Waals surface area contributed by atoms with Crippen molar-refractivity contribution < 1.29 is 4.74 Å². The van der Waals surface area contributed by atoms with Gasteiger partial charge in [-0.2, -0.15) is 0 Å². The van der Waals surface area contributed by atoms with E-state index < -0.39 is 0 Å². The number of nitrogens with zero attached hydrogens (tertiary/aromatic N) is 2. The molecule has 1 heterocycles. The maximum atomic E-state index is 12.6. The summed E-state index contributed by atoms with van der Waals surface area (Å²) >= 11 is 0. The van der Waals surface area contributed by atoms with Gasteiger partial charge < -0.3 is 10.1 Å². The first-order chi connectivity index (χ1) is 11.7. The molecule has 0 aliphatic carbocycles. The van der Waals surface area contributed by atoms with Gasteiger partial charge in [-0.3, -0.25) is 9.36 Å². The topological polar surface area (TPSA) is 56.1 Å². The molecule has 0 bridgehead atoms. The highest BCUT2D eigenvalue weighted by Crippen LogP contribution is 2.13. The molecule has 2 aromatic carbocycles. The van der Waals surface area contributed by atoms with Crippen molar-refractivity contribution in [3.8, 4) is 11.4 Å². The molecule has 3 aromatic rings. The molecule has 0 aliphatic heterocycles. The van der Waals surface area contributed by atoms with Gasteiger partial charge in [-0.1, -0.05) is 29.8 Å². The first kappa shape index (κ1) is 15.8. The predicted octanol–water partition coefficient (Wildman–Crippen LogP) is 3.16. The van der Waals surface area contributed by atoms with Crippen LogP contribution in [0.3, 0.4) is 0 Å². The second-order valence-electron chi connectivity index (χ2n) is 5.49. The van der Waals surface area contributed by atoms with E-state index >= 15 is 0 Å². The van der Waals surface area contributed by atoms with E-state index in [1.807, 2.05) is 55.5 Å². The van der Waals surface area contributed by atoms with E-state index in [9.17, 15) is 4.79 Å². The molecule has 0 saturated carbocycles. The standard InChI is InChI=1S/C19H19N3O2/c1-14-6-8-16(9-7-14)22-11-10-20-18(19(22)23)21-13-15-4-3-5-17(12-15)24-2/h3-12H,13H2,1-2H3,(H,20,21). The molecule has 122 valence electrons. The summed E-state index contributed by atoms with van der Waals surface area (Å²) in [5, 5.41) is 3.10. The second kappa shape index (κ2) is 7.00. The Morgan fingerprint density at radius 3 is 2.71 bits per heavy atom. The normalized spacial score (nSPS) is 10.4. The Morgan fingerprint density at radius 2 is 1.96 bits per heavy atom. The van der Waals surface area contributed by atoms with Gasteiger partial charge in [0, 0.05) is 24.6 Å². The lowest BCUT2D eigenvalue weighted by molar-refractivity contribution is 0.414. The van der Waals surface area contributed by atoms with Crippen molar-refractivity contribution in [1.82, 2.24) is 9.55 Å². The van der Waals surface area contributed by atoms with Crippen molar-refractivity contribution >= 4 is 5.82 Å². The van der Waals surface area contributed by atoms with Crippen molar-refractivity contribution in [3.05, 3.63) is 82.4 Å². The van der Waals surface area contributed by atoms with Gasteiger partial charge in [-0.25, -0.2) is 4.98 Å². The molecule has 24 heavy (non-hydrogen) atoms. The first-order valence-electron chi connectivity index (χ1n) is 7.69. The molecule has 5 heteroatoms. The smallest absolute Gasteiger partial charge is 0.297 e. The molecular weight excluding hydrogens is 302 g/mol.